The van der Waals surface area contributed by atoms with Crippen molar-refractivity contribution in [3.8, 4) is 0 Å². The number of thiophene rings is 1. The number of nitrogens with one attached hydrogen (secondary N) is 1. The van der Waals surface area contributed by atoms with Crippen LogP contribution in [0, 0.1) is 6.92 Å². The monoisotopic (exact) mass is 375 g/mol. The number of methoxy groups -OCH3 is 1. The number of aryl methyl sites for hydroxylation is 2. The molecule has 0 bridgehead atoms. The summed E-state index contributed by atoms with van der Waals surface area (Å²) in [6.45, 7) is 1.25. The Kier molecular flexibility index (Phi) is 5.27. The van der Waals surface area contributed by atoms with Crippen LogP contribution in [0.2, 0.25) is 0 Å². The first-order valence-electron chi connectivity index (χ1n) is 7.98. The molecular formula is C17H17N3O5S. The van der Waals surface area contributed by atoms with Gasteiger partial charge < -0.3 is 14.8 Å². The average molecular weight is 375 g/mol. The number of fused-ring (bicyclic) bond motifs is 1. The molecule has 8 nitrogen and oxygen atoms in total. The number of nitrogens with zero attached hydrogens (tertiary/aromatic N) is 2. The fourth-order valence-corrected chi connectivity index (χ4v) is 3.97. The zero-order valence-electron chi connectivity index (χ0n) is 14.3. The van der Waals surface area contributed by atoms with E-state index >= 15 is 0 Å². The SMILES string of the molecule is COC(=O)c1c(NC(=O)COC(=O)c2cnc(C)cn2)sc2c1CCC2. The van der Waals surface area contributed by atoms with Gasteiger partial charge in [-0.05, 0) is 31.7 Å². The van der Waals surface area contributed by atoms with E-state index in [1.807, 2.05) is 0 Å². The smallest absolute Gasteiger partial charge is 0.359 e. The molecule has 9 heteroatoms. The van der Waals surface area contributed by atoms with Gasteiger partial charge in [-0.1, -0.05) is 0 Å². The minimum atomic E-state index is -0.741. The Labute approximate surface area is 153 Å². The quantitative estimate of drug-likeness (QED) is 0.796. The Hall–Kier alpha value is -2.81. The highest BCUT2D eigenvalue weighted by molar-refractivity contribution is 7.17. The number of carbonyl (C=O) groups excluding carboxylic acids is 3. The molecule has 0 aliphatic heterocycles. The fraction of sp³-hybridized carbons (Fsp3) is 0.353. The van der Waals surface area contributed by atoms with E-state index in [4.69, 9.17) is 9.47 Å². The van der Waals surface area contributed by atoms with Gasteiger partial charge in [0.05, 0.1) is 24.6 Å². The predicted octanol–water partition coefficient (Wildman–Crippen LogP) is 1.92. The van der Waals surface area contributed by atoms with Crippen LogP contribution in [0.5, 0.6) is 0 Å². The van der Waals surface area contributed by atoms with Gasteiger partial charge >= 0.3 is 11.9 Å². The van der Waals surface area contributed by atoms with Gasteiger partial charge in [-0.25, -0.2) is 14.6 Å². The fourth-order valence-electron chi connectivity index (χ4n) is 2.68. The summed E-state index contributed by atoms with van der Waals surface area (Å²) >= 11 is 1.36. The third kappa shape index (κ3) is 3.72. The summed E-state index contributed by atoms with van der Waals surface area (Å²) in [5, 5.41) is 3.07. The lowest BCUT2D eigenvalue weighted by Crippen LogP contribution is -2.22. The van der Waals surface area contributed by atoms with Gasteiger partial charge in [-0.3, -0.25) is 9.78 Å². The normalized spacial score (nSPS) is 12.4. The molecule has 136 valence electrons. The molecule has 3 rings (SSSR count). The number of esters is 2. The number of carbonyl (C=O) groups is 3. The van der Waals surface area contributed by atoms with Crippen molar-refractivity contribution in [3.63, 3.8) is 0 Å². The van der Waals surface area contributed by atoms with Crippen molar-refractivity contribution in [2.45, 2.75) is 26.2 Å². The minimum absolute atomic E-state index is 0.0220. The first-order valence-corrected chi connectivity index (χ1v) is 8.79. The molecule has 0 aromatic carbocycles. The number of amides is 1. The van der Waals surface area contributed by atoms with E-state index in [-0.39, 0.29) is 5.69 Å². The maximum atomic E-state index is 12.1. The largest absolute Gasteiger partial charge is 0.465 e. The second-order valence-electron chi connectivity index (χ2n) is 5.72. The Balaban J connectivity index is 1.64. The van der Waals surface area contributed by atoms with Gasteiger partial charge in [0.2, 0.25) is 0 Å². The molecule has 1 aliphatic rings. The van der Waals surface area contributed by atoms with Crippen LogP contribution in [-0.4, -0.2) is 41.5 Å². The molecule has 0 unspecified atom stereocenters. The van der Waals surface area contributed by atoms with Crippen molar-refractivity contribution in [3.05, 3.63) is 39.8 Å². The highest BCUT2D eigenvalue weighted by Crippen LogP contribution is 2.39. The molecule has 2 aromatic heterocycles. The third-order valence-electron chi connectivity index (χ3n) is 3.89. The molecule has 1 amide bonds. The maximum absolute atomic E-state index is 12.1. The van der Waals surface area contributed by atoms with Crippen LogP contribution in [-0.2, 0) is 27.1 Å². The molecular weight excluding hydrogens is 358 g/mol. The molecule has 0 saturated heterocycles. The number of rotatable bonds is 5. The zero-order chi connectivity index (χ0) is 18.7. The molecule has 0 atom stereocenters. The topological polar surface area (TPSA) is 107 Å². The van der Waals surface area contributed by atoms with Crippen LogP contribution in [0.4, 0.5) is 5.00 Å². The number of ether oxygens (including phenoxy) is 2. The van der Waals surface area contributed by atoms with Crippen LogP contribution < -0.4 is 5.32 Å². The van der Waals surface area contributed by atoms with Crippen molar-refractivity contribution in [1.82, 2.24) is 9.97 Å². The minimum Gasteiger partial charge on any atom is -0.465 e. The first-order chi connectivity index (χ1) is 12.5. The van der Waals surface area contributed by atoms with E-state index in [9.17, 15) is 14.4 Å². The lowest BCUT2D eigenvalue weighted by Gasteiger charge is -2.07. The second-order valence-corrected chi connectivity index (χ2v) is 6.83. The summed E-state index contributed by atoms with van der Waals surface area (Å²) in [7, 11) is 1.30. The van der Waals surface area contributed by atoms with Crippen LogP contribution in [0.15, 0.2) is 12.4 Å². The summed E-state index contributed by atoms with van der Waals surface area (Å²) in [5.74, 6) is -1.76. The molecule has 0 spiro atoms. The van der Waals surface area contributed by atoms with Crippen molar-refractivity contribution < 1.29 is 23.9 Å². The van der Waals surface area contributed by atoms with E-state index in [0.717, 1.165) is 29.7 Å². The lowest BCUT2D eigenvalue weighted by molar-refractivity contribution is -0.119. The second kappa shape index (κ2) is 7.61. The number of hydrogen-bond donors (Lipinski definition) is 1. The highest BCUT2D eigenvalue weighted by atomic mass is 32.1. The zero-order valence-corrected chi connectivity index (χ0v) is 15.1. The van der Waals surface area contributed by atoms with Crippen LogP contribution in [0.3, 0.4) is 0 Å². The molecule has 2 heterocycles. The Morgan fingerprint density at radius 3 is 2.69 bits per heavy atom. The standard InChI is InChI=1S/C17H17N3O5S/c1-9-6-19-11(7-18-9)16(22)25-8-13(21)20-15-14(17(23)24-2)10-4-3-5-12(10)26-15/h6-7H,3-5,8H2,1-2H3,(H,20,21). The summed E-state index contributed by atoms with van der Waals surface area (Å²) in [6, 6.07) is 0. The van der Waals surface area contributed by atoms with Gasteiger partial charge in [0.25, 0.3) is 5.91 Å². The maximum Gasteiger partial charge on any atom is 0.359 e. The Morgan fingerprint density at radius 2 is 2.00 bits per heavy atom. The summed E-state index contributed by atoms with van der Waals surface area (Å²) in [5.41, 5.74) is 2.02. The number of aromatic nitrogens is 2. The average Bonchev–Trinajstić information content (AvgIpc) is 3.20. The number of hydrogen-bond acceptors (Lipinski definition) is 8. The highest BCUT2D eigenvalue weighted by Gasteiger charge is 2.28. The van der Waals surface area contributed by atoms with Gasteiger partial charge in [-0.2, -0.15) is 0 Å². The predicted molar refractivity (Wildman–Crippen MR) is 93.4 cm³/mol. The van der Waals surface area contributed by atoms with Crippen molar-refractivity contribution in [1.29, 1.82) is 0 Å². The van der Waals surface area contributed by atoms with E-state index in [1.165, 1.54) is 30.8 Å². The van der Waals surface area contributed by atoms with E-state index in [1.54, 1.807) is 6.92 Å². The molecule has 26 heavy (non-hydrogen) atoms. The van der Waals surface area contributed by atoms with Crippen LogP contribution >= 0.6 is 11.3 Å². The first kappa shape index (κ1) is 18.0. The van der Waals surface area contributed by atoms with Crippen molar-refractivity contribution in [2.75, 3.05) is 19.0 Å². The molecule has 0 saturated carbocycles. The van der Waals surface area contributed by atoms with Gasteiger partial charge in [0.15, 0.2) is 12.3 Å². The van der Waals surface area contributed by atoms with Crippen LogP contribution in [0.25, 0.3) is 0 Å². The van der Waals surface area contributed by atoms with E-state index in [2.05, 4.69) is 15.3 Å². The summed E-state index contributed by atoms with van der Waals surface area (Å²) in [6.07, 6.45) is 5.37. The summed E-state index contributed by atoms with van der Waals surface area (Å²) < 4.78 is 9.76. The van der Waals surface area contributed by atoms with Gasteiger partial charge in [0.1, 0.15) is 5.00 Å². The third-order valence-corrected chi connectivity index (χ3v) is 5.10. The van der Waals surface area contributed by atoms with Crippen LogP contribution in [0.1, 0.15) is 43.4 Å². The number of anilines is 1. The molecule has 0 radical (unpaired) electrons. The van der Waals surface area contributed by atoms with Crippen molar-refractivity contribution >= 4 is 34.2 Å². The van der Waals surface area contributed by atoms with Gasteiger partial charge in [0, 0.05) is 11.1 Å². The van der Waals surface area contributed by atoms with E-state index in [0.29, 0.717) is 16.3 Å². The molecule has 2 aromatic rings. The Bertz CT molecular complexity index is 860. The lowest BCUT2D eigenvalue weighted by atomic mass is 10.1. The summed E-state index contributed by atoms with van der Waals surface area (Å²) in [4.78, 5) is 45.0. The Morgan fingerprint density at radius 1 is 1.19 bits per heavy atom. The van der Waals surface area contributed by atoms with E-state index < -0.39 is 24.5 Å². The molecule has 1 N–H and O–H groups in total. The van der Waals surface area contributed by atoms with Crippen molar-refractivity contribution in [2.24, 2.45) is 0 Å². The van der Waals surface area contributed by atoms with Gasteiger partial charge in [-0.15, -0.1) is 11.3 Å². The molecule has 1 aliphatic carbocycles. The molecule has 0 fully saturated rings.